The number of carbonyl (C=O) groups is 3. The normalized spacial score (nSPS) is 10.9. The number of hydrogen-bond donors (Lipinski definition) is 3. The third kappa shape index (κ3) is 8.35. The molecule has 0 saturated carbocycles. The SMILES string of the molecule is CCOCCNC(=O)c1ccc(C(=O)NS(=O)(=O)c2ccc(C(=O)NCCc3ccccc3OC)cc2)cn1. The van der Waals surface area contributed by atoms with Crippen molar-refractivity contribution in [1.82, 2.24) is 20.3 Å². The summed E-state index contributed by atoms with van der Waals surface area (Å²) in [7, 11) is -2.64. The lowest BCUT2D eigenvalue weighted by molar-refractivity contribution is 0.0914. The molecule has 1 heterocycles. The third-order valence-corrected chi connectivity index (χ3v) is 6.87. The van der Waals surface area contributed by atoms with Crippen LogP contribution in [0.3, 0.4) is 0 Å². The topological polar surface area (TPSA) is 153 Å². The van der Waals surface area contributed by atoms with Crippen LogP contribution in [-0.4, -0.2) is 64.5 Å². The molecule has 0 atom stereocenters. The van der Waals surface area contributed by atoms with E-state index in [1.165, 1.54) is 36.4 Å². The summed E-state index contributed by atoms with van der Waals surface area (Å²) >= 11 is 0. The average Bonchev–Trinajstić information content (AvgIpc) is 2.95. The number of nitrogens with one attached hydrogen (secondary N) is 3. The van der Waals surface area contributed by atoms with E-state index in [1.807, 2.05) is 35.9 Å². The number of carbonyl (C=O) groups excluding carboxylic acids is 3. The molecular weight excluding hydrogens is 524 g/mol. The van der Waals surface area contributed by atoms with Gasteiger partial charge in [0.15, 0.2) is 0 Å². The number of sulfonamides is 1. The van der Waals surface area contributed by atoms with E-state index in [-0.39, 0.29) is 27.6 Å². The lowest BCUT2D eigenvalue weighted by Crippen LogP contribution is -2.31. The Morgan fingerprint density at radius 1 is 0.846 bits per heavy atom. The van der Waals surface area contributed by atoms with Crippen LogP contribution in [0.15, 0.2) is 71.8 Å². The highest BCUT2D eigenvalue weighted by atomic mass is 32.2. The smallest absolute Gasteiger partial charge is 0.269 e. The Balaban J connectivity index is 1.54. The number of nitrogens with zero attached hydrogens (tertiary/aromatic N) is 1. The monoisotopic (exact) mass is 554 g/mol. The van der Waals surface area contributed by atoms with E-state index in [0.717, 1.165) is 17.5 Å². The summed E-state index contributed by atoms with van der Waals surface area (Å²) in [5.74, 6) is -0.998. The van der Waals surface area contributed by atoms with Crippen LogP contribution in [0.25, 0.3) is 0 Å². The highest BCUT2D eigenvalue weighted by Gasteiger charge is 2.20. The van der Waals surface area contributed by atoms with Crippen LogP contribution < -0.4 is 20.1 Å². The first-order chi connectivity index (χ1) is 18.7. The van der Waals surface area contributed by atoms with Gasteiger partial charge in [0.25, 0.3) is 27.7 Å². The Bertz CT molecular complexity index is 1390. The fraction of sp³-hybridized carbons (Fsp3) is 0.259. The van der Waals surface area contributed by atoms with Crippen molar-refractivity contribution in [2.24, 2.45) is 0 Å². The first-order valence-electron chi connectivity index (χ1n) is 12.1. The van der Waals surface area contributed by atoms with E-state index in [9.17, 15) is 22.8 Å². The number of rotatable bonds is 13. The van der Waals surface area contributed by atoms with E-state index in [1.54, 1.807) is 7.11 Å². The van der Waals surface area contributed by atoms with Crippen LogP contribution in [0.4, 0.5) is 0 Å². The van der Waals surface area contributed by atoms with Crippen LogP contribution in [0.5, 0.6) is 5.75 Å². The van der Waals surface area contributed by atoms with Gasteiger partial charge in [0.1, 0.15) is 11.4 Å². The van der Waals surface area contributed by atoms with Gasteiger partial charge in [-0.05, 0) is 61.4 Å². The van der Waals surface area contributed by atoms with Gasteiger partial charge in [-0.15, -0.1) is 0 Å². The minimum atomic E-state index is -4.22. The van der Waals surface area contributed by atoms with Crippen molar-refractivity contribution in [3.63, 3.8) is 0 Å². The van der Waals surface area contributed by atoms with Crippen molar-refractivity contribution in [2.75, 3.05) is 33.4 Å². The van der Waals surface area contributed by atoms with E-state index in [0.29, 0.717) is 32.7 Å². The van der Waals surface area contributed by atoms with Crippen molar-refractivity contribution in [3.05, 3.63) is 89.2 Å². The second kappa shape index (κ2) is 14.0. The number of ether oxygens (including phenoxy) is 2. The van der Waals surface area contributed by atoms with Gasteiger partial charge in [-0.25, -0.2) is 13.1 Å². The minimum Gasteiger partial charge on any atom is -0.496 e. The van der Waals surface area contributed by atoms with Crippen molar-refractivity contribution in [2.45, 2.75) is 18.2 Å². The Kier molecular flexibility index (Phi) is 10.5. The fourth-order valence-corrected chi connectivity index (χ4v) is 4.46. The zero-order chi connectivity index (χ0) is 28.3. The molecule has 0 aliphatic heterocycles. The Morgan fingerprint density at radius 2 is 1.54 bits per heavy atom. The highest BCUT2D eigenvalue weighted by Crippen LogP contribution is 2.17. The molecule has 206 valence electrons. The first-order valence-corrected chi connectivity index (χ1v) is 13.6. The maximum atomic E-state index is 12.7. The molecule has 3 amide bonds. The third-order valence-electron chi connectivity index (χ3n) is 5.52. The lowest BCUT2D eigenvalue weighted by Gasteiger charge is -2.10. The molecule has 0 fully saturated rings. The van der Waals surface area contributed by atoms with E-state index in [2.05, 4.69) is 15.6 Å². The maximum Gasteiger partial charge on any atom is 0.269 e. The van der Waals surface area contributed by atoms with Gasteiger partial charge < -0.3 is 20.1 Å². The second-order valence-corrected chi connectivity index (χ2v) is 9.84. The van der Waals surface area contributed by atoms with Crippen LogP contribution in [-0.2, 0) is 21.2 Å². The van der Waals surface area contributed by atoms with Crippen molar-refractivity contribution in [3.8, 4) is 5.75 Å². The molecule has 11 nitrogen and oxygen atoms in total. The van der Waals surface area contributed by atoms with Gasteiger partial charge in [-0.2, -0.15) is 0 Å². The number of methoxy groups -OCH3 is 1. The molecular formula is C27H30N4O7S. The molecule has 3 rings (SSSR count). The summed E-state index contributed by atoms with van der Waals surface area (Å²) in [5.41, 5.74) is 1.24. The Hall–Kier alpha value is -4.29. The molecule has 0 spiro atoms. The molecule has 0 radical (unpaired) electrons. The van der Waals surface area contributed by atoms with E-state index >= 15 is 0 Å². The highest BCUT2D eigenvalue weighted by molar-refractivity contribution is 7.90. The number of para-hydroxylation sites is 1. The van der Waals surface area contributed by atoms with Crippen LogP contribution in [0, 0.1) is 0 Å². The van der Waals surface area contributed by atoms with Gasteiger partial charge in [0.2, 0.25) is 0 Å². The second-order valence-electron chi connectivity index (χ2n) is 8.16. The van der Waals surface area contributed by atoms with Crippen LogP contribution in [0.1, 0.15) is 43.7 Å². The summed E-state index contributed by atoms with van der Waals surface area (Å²) < 4.78 is 37.8. The largest absolute Gasteiger partial charge is 0.496 e. The predicted octanol–water partition coefficient (Wildman–Crippen LogP) is 1.95. The summed E-state index contributed by atoms with van der Waals surface area (Å²) in [6.07, 6.45) is 1.67. The Labute approximate surface area is 227 Å². The summed E-state index contributed by atoms with van der Waals surface area (Å²) in [6.45, 7) is 3.39. The molecule has 0 saturated heterocycles. The minimum absolute atomic E-state index is 0.0458. The quantitative estimate of drug-likeness (QED) is 0.271. The van der Waals surface area contributed by atoms with Gasteiger partial charge in [-0.3, -0.25) is 19.4 Å². The van der Waals surface area contributed by atoms with Gasteiger partial charge >= 0.3 is 0 Å². The number of amides is 3. The zero-order valence-electron chi connectivity index (χ0n) is 21.6. The van der Waals surface area contributed by atoms with Crippen molar-refractivity contribution >= 4 is 27.7 Å². The number of hydrogen-bond acceptors (Lipinski definition) is 8. The zero-order valence-corrected chi connectivity index (χ0v) is 22.4. The molecule has 0 bridgehead atoms. The fourth-order valence-electron chi connectivity index (χ4n) is 3.48. The van der Waals surface area contributed by atoms with Gasteiger partial charge in [0.05, 0.1) is 24.2 Å². The predicted molar refractivity (Wildman–Crippen MR) is 143 cm³/mol. The maximum absolute atomic E-state index is 12.7. The molecule has 0 unspecified atom stereocenters. The lowest BCUT2D eigenvalue weighted by atomic mass is 10.1. The van der Waals surface area contributed by atoms with Crippen LogP contribution in [0.2, 0.25) is 0 Å². The van der Waals surface area contributed by atoms with Crippen LogP contribution >= 0.6 is 0 Å². The summed E-state index contributed by atoms with van der Waals surface area (Å²) in [5, 5.41) is 5.41. The molecule has 12 heteroatoms. The molecule has 2 aromatic carbocycles. The van der Waals surface area contributed by atoms with E-state index in [4.69, 9.17) is 9.47 Å². The summed E-state index contributed by atoms with van der Waals surface area (Å²) in [6, 6.07) is 15.3. The first kappa shape index (κ1) is 29.3. The molecule has 39 heavy (non-hydrogen) atoms. The van der Waals surface area contributed by atoms with Gasteiger partial charge in [0, 0.05) is 31.5 Å². The Morgan fingerprint density at radius 3 is 2.21 bits per heavy atom. The number of pyridine rings is 1. The molecule has 0 aliphatic rings. The van der Waals surface area contributed by atoms with E-state index < -0.39 is 21.8 Å². The summed E-state index contributed by atoms with van der Waals surface area (Å²) in [4.78, 5) is 40.8. The van der Waals surface area contributed by atoms with Gasteiger partial charge in [-0.1, -0.05) is 18.2 Å². The molecule has 1 aromatic heterocycles. The standard InChI is InChI=1S/C27H30N4O7S/c1-3-38-17-16-29-27(34)23-13-10-21(18-30-23)26(33)31-39(35,36)22-11-8-20(9-12-22)25(32)28-15-14-19-6-4-5-7-24(19)37-2/h4-13,18H,3,14-17H2,1-2H3,(H,28,32)(H,29,34)(H,31,33). The van der Waals surface area contributed by atoms with Crippen molar-refractivity contribution in [1.29, 1.82) is 0 Å². The number of benzene rings is 2. The molecule has 3 N–H and O–H groups in total. The number of aromatic nitrogens is 1. The molecule has 3 aromatic rings. The molecule has 0 aliphatic carbocycles. The van der Waals surface area contributed by atoms with Crippen molar-refractivity contribution < 1.29 is 32.3 Å². The average molecular weight is 555 g/mol.